The lowest BCUT2D eigenvalue weighted by Gasteiger charge is -2.23. The summed E-state index contributed by atoms with van der Waals surface area (Å²) in [5.41, 5.74) is 12.5. The highest BCUT2D eigenvalue weighted by atomic mass is 14.7. The zero-order valence-corrected chi connectivity index (χ0v) is 7.80. The average molecular weight is 156 g/mol. The van der Waals surface area contributed by atoms with Gasteiger partial charge in [0.1, 0.15) is 0 Å². The van der Waals surface area contributed by atoms with Crippen molar-refractivity contribution in [2.75, 3.05) is 0 Å². The van der Waals surface area contributed by atoms with Crippen LogP contribution in [0.1, 0.15) is 27.2 Å². The van der Waals surface area contributed by atoms with Crippen molar-refractivity contribution in [1.82, 2.24) is 0 Å². The van der Waals surface area contributed by atoms with Crippen molar-refractivity contribution in [3.63, 3.8) is 0 Å². The van der Waals surface area contributed by atoms with Gasteiger partial charge in [0.2, 0.25) is 0 Å². The van der Waals surface area contributed by atoms with E-state index in [1.165, 1.54) is 0 Å². The van der Waals surface area contributed by atoms with Crippen LogP contribution in [0.4, 0.5) is 0 Å². The van der Waals surface area contributed by atoms with E-state index in [2.05, 4.69) is 13.5 Å². The van der Waals surface area contributed by atoms with Crippen LogP contribution >= 0.6 is 0 Å². The van der Waals surface area contributed by atoms with E-state index in [4.69, 9.17) is 11.5 Å². The van der Waals surface area contributed by atoms with Crippen molar-refractivity contribution < 1.29 is 0 Å². The maximum absolute atomic E-state index is 5.77. The van der Waals surface area contributed by atoms with Crippen LogP contribution < -0.4 is 11.5 Å². The molecule has 0 saturated carbocycles. The SMILES string of the molecule is C=C(C(C)N)C(CC)C(C)N. The largest absolute Gasteiger partial charge is 0.327 e. The molecule has 11 heavy (non-hydrogen) atoms. The second kappa shape index (κ2) is 4.52. The molecule has 3 unspecified atom stereocenters. The summed E-state index contributed by atoms with van der Waals surface area (Å²) in [7, 11) is 0. The smallest absolute Gasteiger partial charge is 0.0225 e. The quantitative estimate of drug-likeness (QED) is 0.602. The summed E-state index contributed by atoms with van der Waals surface area (Å²) in [6.07, 6.45) is 1.03. The molecule has 0 rings (SSSR count). The summed E-state index contributed by atoms with van der Waals surface area (Å²) in [5.74, 6) is 0.370. The van der Waals surface area contributed by atoms with Crippen LogP contribution in [0.5, 0.6) is 0 Å². The normalized spacial score (nSPS) is 19.0. The molecule has 0 aromatic rings. The van der Waals surface area contributed by atoms with Gasteiger partial charge in [-0.1, -0.05) is 19.1 Å². The van der Waals surface area contributed by atoms with Gasteiger partial charge in [0.15, 0.2) is 0 Å². The van der Waals surface area contributed by atoms with Crippen LogP contribution in [0.2, 0.25) is 0 Å². The molecule has 0 radical (unpaired) electrons. The van der Waals surface area contributed by atoms with E-state index in [1.807, 2.05) is 13.8 Å². The van der Waals surface area contributed by atoms with Crippen LogP contribution in [0.15, 0.2) is 12.2 Å². The Kier molecular flexibility index (Phi) is 4.38. The lowest BCUT2D eigenvalue weighted by Crippen LogP contribution is -2.33. The molecule has 4 N–H and O–H groups in total. The second-order valence-corrected chi connectivity index (χ2v) is 3.24. The van der Waals surface area contributed by atoms with Crippen molar-refractivity contribution >= 4 is 0 Å². The molecule has 3 atom stereocenters. The van der Waals surface area contributed by atoms with E-state index >= 15 is 0 Å². The van der Waals surface area contributed by atoms with Gasteiger partial charge in [-0.2, -0.15) is 0 Å². The topological polar surface area (TPSA) is 52.0 Å². The van der Waals surface area contributed by atoms with Crippen molar-refractivity contribution in [1.29, 1.82) is 0 Å². The molecule has 0 aromatic heterocycles. The Hall–Kier alpha value is -0.340. The van der Waals surface area contributed by atoms with Gasteiger partial charge in [0.25, 0.3) is 0 Å². The molecule has 0 bridgehead atoms. The minimum absolute atomic E-state index is 0.0611. The van der Waals surface area contributed by atoms with Crippen molar-refractivity contribution in [2.45, 2.75) is 39.3 Å². The maximum atomic E-state index is 5.77. The standard InChI is InChI=1S/C9H20N2/c1-5-9(8(4)11)6(2)7(3)10/h7-9H,2,5,10-11H2,1,3-4H3. The Morgan fingerprint density at radius 3 is 1.91 bits per heavy atom. The molecule has 0 heterocycles. The van der Waals surface area contributed by atoms with E-state index in [9.17, 15) is 0 Å². The fourth-order valence-corrected chi connectivity index (χ4v) is 1.31. The second-order valence-electron chi connectivity index (χ2n) is 3.24. The third-order valence-electron chi connectivity index (χ3n) is 2.14. The first-order chi connectivity index (χ1) is 5.00. The first kappa shape index (κ1) is 10.7. The van der Waals surface area contributed by atoms with Gasteiger partial charge in [-0.15, -0.1) is 0 Å². The van der Waals surface area contributed by atoms with Crippen LogP contribution in [-0.2, 0) is 0 Å². The number of nitrogens with two attached hydrogens (primary N) is 2. The molecule has 0 aromatic carbocycles. The highest BCUT2D eigenvalue weighted by Gasteiger charge is 2.16. The molecule has 66 valence electrons. The Bertz CT molecular complexity index is 128. The van der Waals surface area contributed by atoms with Gasteiger partial charge in [-0.3, -0.25) is 0 Å². The molecule has 0 fully saturated rings. The fraction of sp³-hybridized carbons (Fsp3) is 0.778. The first-order valence-corrected chi connectivity index (χ1v) is 4.20. The summed E-state index contributed by atoms with van der Waals surface area (Å²) in [6.45, 7) is 10.0. The molecule has 0 spiro atoms. The third kappa shape index (κ3) is 3.04. The zero-order chi connectivity index (χ0) is 9.02. The molecule has 2 heteroatoms. The summed E-state index contributed by atoms with van der Waals surface area (Å²) in [5, 5.41) is 0. The van der Waals surface area contributed by atoms with Crippen molar-refractivity contribution in [3.05, 3.63) is 12.2 Å². The van der Waals surface area contributed by atoms with E-state index in [0.717, 1.165) is 12.0 Å². The Morgan fingerprint density at radius 1 is 1.36 bits per heavy atom. The summed E-state index contributed by atoms with van der Waals surface area (Å²) < 4.78 is 0. The van der Waals surface area contributed by atoms with Gasteiger partial charge < -0.3 is 11.5 Å². The highest BCUT2D eigenvalue weighted by Crippen LogP contribution is 2.18. The van der Waals surface area contributed by atoms with E-state index < -0.39 is 0 Å². The van der Waals surface area contributed by atoms with Crippen molar-refractivity contribution in [2.24, 2.45) is 17.4 Å². The molecule has 2 nitrogen and oxygen atoms in total. The van der Waals surface area contributed by atoms with Gasteiger partial charge >= 0.3 is 0 Å². The highest BCUT2D eigenvalue weighted by molar-refractivity contribution is 5.09. The molecule has 0 aliphatic carbocycles. The van der Waals surface area contributed by atoms with Crippen LogP contribution in [0.25, 0.3) is 0 Å². The van der Waals surface area contributed by atoms with E-state index in [-0.39, 0.29) is 12.1 Å². The average Bonchev–Trinajstić information content (AvgIpc) is 1.88. The van der Waals surface area contributed by atoms with Gasteiger partial charge in [-0.05, 0) is 26.2 Å². The molecule has 0 aliphatic rings. The number of hydrogen-bond donors (Lipinski definition) is 2. The summed E-state index contributed by atoms with van der Waals surface area (Å²) in [6, 6.07) is 0.226. The molecular formula is C9H20N2. The van der Waals surface area contributed by atoms with E-state index in [1.54, 1.807) is 0 Å². The van der Waals surface area contributed by atoms with Crippen LogP contribution in [0, 0.1) is 5.92 Å². The number of hydrogen-bond acceptors (Lipinski definition) is 2. The van der Waals surface area contributed by atoms with Gasteiger partial charge in [0, 0.05) is 12.1 Å². The number of rotatable bonds is 4. The molecular weight excluding hydrogens is 136 g/mol. The van der Waals surface area contributed by atoms with Crippen molar-refractivity contribution in [3.8, 4) is 0 Å². The van der Waals surface area contributed by atoms with Gasteiger partial charge in [-0.25, -0.2) is 0 Å². The molecule has 0 saturated heterocycles. The van der Waals surface area contributed by atoms with Crippen LogP contribution in [0.3, 0.4) is 0 Å². The minimum atomic E-state index is 0.0611. The first-order valence-electron chi connectivity index (χ1n) is 4.20. The monoisotopic (exact) mass is 156 g/mol. The Labute approximate surface area is 69.6 Å². The molecule has 0 amide bonds. The molecule has 0 aliphatic heterocycles. The predicted octanol–water partition coefficient (Wildman–Crippen LogP) is 1.26. The minimum Gasteiger partial charge on any atom is -0.327 e. The Morgan fingerprint density at radius 2 is 1.82 bits per heavy atom. The van der Waals surface area contributed by atoms with E-state index in [0.29, 0.717) is 5.92 Å². The third-order valence-corrected chi connectivity index (χ3v) is 2.14. The lowest BCUT2D eigenvalue weighted by atomic mass is 9.88. The predicted molar refractivity (Wildman–Crippen MR) is 50.2 cm³/mol. The summed E-state index contributed by atoms with van der Waals surface area (Å²) >= 11 is 0. The summed E-state index contributed by atoms with van der Waals surface area (Å²) in [4.78, 5) is 0. The fourth-order valence-electron chi connectivity index (χ4n) is 1.31. The zero-order valence-electron chi connectivity index (χ0n) is 7.80. The van der Waals surface area contributed by atoms with Crippen LogP contribution in [-0.4, -0.2) is 12.1 Å². The maximum Gasteiger partial charge on any atom is 0.0225 e. The lowest BCUT2D eigenvalue weighted by molar-refractivity contribution is 0.472. The Balaban J connectivity index is 4.15. The van der Waals surface area contributed by atoms with Gasteiger partial charge in [0.05, 0.1) is 0 Å².